The van der Waals surface area contributed by atoms with Gasteiger partial charge in [-0.05, 0) is 47.1 Å². The highest BCUT2D eigenvalue weighted by atomic mass is 79.9. The third-order valence-corrected chi connectivity index (χ3v) is 5.25. The number of hydrogen-bond acceptors (Lipinski definition) is 8. The van der Waals surface area contributed by atoms with E-state index in [1.807, 2.05) is 13.0 Å². The normalized spacial score (nSPS) is 10.6. The van der Waals surface area contributed by atoms with Crippen molar-refractivity contribution < 1.29 is 33.6 Å². The number of nitrogens with zero attached hydrogens (tertiary/aromatic N) is 2. The fourth-order valence-electron chi connectivity index (χ4n) is 3.20. The summed E-state index contributed by atoms with van der Waals surface area (Å²) in [7, 11) is 2.45. The molecule has 10 heteroatoms. The van der Waals surface area contributed by atoms with Crippen molar-refractivity contribution in [3.63, 3.8) is 0 Å². The number of esters is 2. The van der Waals surface area contributed by atoms with E-state index < -0.39 is 11.9 Å². The summed E-state index contributed by atoms with van der Waals surface area (Å²) >= 11 is 3.49. The van der Waals surface area contributed by atoms with E-state index in [-0.39, 0.29) is 30.2 Å². The van der Waals surface area contributed by atoms with Gasteiger partial charge in [-0.3, -0.25) is 0 Å². The molecule has 33 heavy (non-hydrogen) atoms. The van der Waals surface area contributed by atoms with Gasteiger partial charge in [-0.2, -0.15) is 5.10 Å². The number of rotatable bonds is 9. The van der Waals surface area contributed by atoms with Crippen LogP contribution in [-0.2, 0) is 9.47 Å². The van der Waals surface area contributed by atoms with Crippen molar-refractivity contribution in [1.29, 1.82) is 0 Å². The van der Waals surface area contributed by atoms with Crippen molar-refractivity contribution in [2.45, 2.75) is 6.92 Å². The first kappa shape index (κ1) is 24.3. The SMILES string of the molecule is CCOc1cc(-c2nn(-c3ccccc3)c(C(=O)OC)c2C(=O)OC)c(Br)cc1OCCO. The topological polar surface area (TPSA) is 109 Å². The van der Waals surface area contributed by atoms with Crippen LogP contribution >= 0.6 is 15.9 Å². The van der Waals surface area contributed by atoms with E-state index in [1.54, 1.807) is 36.4 Å². The molecule has 174 valence electrons. The Labute approximate surface area is 199 Å². The molecule has 0 spiro atoms. The maximum Gasteiger partial charge on any atom is 0.357 e. The standard InChI is InChI=1S/C23H23BrN2O7/c1-4-32-17-12-15(16(24)13-18(17)33-11-10-27)20-19(22(28)30-2)21(23(29)31-3)26(25-20)14-8-6-5-7-9-14/h5-9,12-13,27H,4,10-11H2,1-3H3. The summed E-state index contributed by atoms with van der Waals surface area (Å²) in [6.07, 6.45) is 0. The molecule has 0 saturated carbocycles. The van der Waals surface area contributed by atoms with Gasteiger partial charge in [0.05, 0.1) is 33.1 Å². The number of aromatic nitrogens is 2. The van der Waals surface area contributed by atoms with Gasteiger partial charge >= 0.3 is 11.9 Å². The molecule has 0 bridgehead atoms. The minimum Gasteiger partial charge on any atom is -0.490 e. The summed E-state index contributed by atoms with van der Waals surface area (Å²) < 4.78 is 23.1. The van der Waals surface area contributed by atoms with E-state index in [4.69, 9.17) is 24.1 Å². The molecule has 3 aromatic rings. The van der Waals surface area contributed by atoms with Crippen molar-refractivity contribution in [1.82, 2.24) is 9.78 Å². The Morgan fingerprint density at radius 2 is 1.70 bits per heavy atom. The van der Waals surface area contributed by atoms with E-state index in [0.29, 0.717) is 33.8 Å². The number of para-hydroxylation sites is 1. The van der Waals surface area contributed by atoms with E-state index in [1.165, 1.54) is 18.9 Å². The van der Waals surface area contributed by atoms with Crippen LogP contribution in [0.25, 0.3) is 16.9 Å². The van der Waals surface area contributed by atoms with E-state index >= 15 is 0 Å². The molecule has 0 fully saturated rings. The molecule has 0 radical (unpaired) electrons. The molecule has 2 aromatic carbocycles. The number of carbonyl (C=O) groups excluding carboxylic acids is 2. The van der Waals surface area contributed by atoms with Crippen LogP contribution in [0.1, 0.15) is 27.8 Å². The summed E-state index contributed by atoms with van der Waals surface area (Å²) in [6.45, 7) is 2.08. The highest BCUT2D eigenvalue weighted by molar-refractivity contribution is 9.10. The first-order chi connectivity index (χ1) is 16.0. The average molecular weight is 519 g/mol. The molecule has 0 saturated heterocycles. The number of methoxy groups -OCH3 is 2. The first-order valence-electron chi connectivity index (χ1n) is 10.0. The summed E-state index contributed by atoms with van der Waals surface area (Å²) in [5.74, 6) is -0.717. The Bertz CT molecular complexity index is 1150. The first-order valence-corrected chi connectivity index (χ1v) is 10.8. The minimum atomic E-state index is -0.752. The van der Waals surface area contributed by atoms with Gasteiger partial charge in [-0.25, -0.2) is 14.3 Å². The number of hydrogen-bond donors (Lipinski definition) is 1. The van der Waals surface area contributed by atoms with Crippen molar-refractivity contribution in [3.8, 4) is 28.4 Å². The minimum absolute atomic E-state index is 0.0552. The van der Waals surface area contributed by atoms with Gasteiger partial charge in [0.2, 0.25) is 0 Å². The highest BCUT2D eigenvalue weighted by Crippen LogP contribution is 2.41. The number of halogens is 1. The van der Waals surface area contributed by atoms with E-state index in [0.717, 1.165) is 0 Å². The van der Waals surface area contributed by atoms with Gasteiger partial charge in [-0.1, -0.05) is 18.2 Å². The van der Waals surface area contributed by atoms with Gasteiger partial charge in [0, 0.05) is 10.0 Å². The molecule has 1 N–H and O–H groups in total. The molecule has 0 unspecified atom stereocenters. The Morgan fingerprint density at radius 1 is 1.03 bits per heavy atom. The van der Waals surface area contributed by atoms with Crippen LogP contribution in [0.4, 0.5) is 0 Å². The molecule has 0 aliphatic rings. The smallest absolute Gasteiger partial charge is 0.357 e. The fourth-order valence-corrected chi connectivity index (χ4v) is 3.71. The number of aliphatic hydroxyl groups excluding tert-OH is 1. The van der Waals surface area contributed by atoms with Crippen LogP contribution in [-0.4, -0.2) is 60.9 Å². The third-order valence-electron chi connectivity index (χ3n) is 4.59. The summed E-state index contributed by atoms with van der Waals surface area (Å²) in [6, 6.07) is 12.2. The zero-order valence-corrected chi connectivity index (χ0v) is 19.9. The Hall–Kier alpha value is -3.37. The van der Waals surface area contributed by atoms with Crippen LogP contribution < -0.4 is 9.47 Å². The van der Waals surface area contributed by atoms with E-state index in [9.17, 15) is 9.59 Å². The molecular weight excluding hydrogens is 496 g/mol. The lowest BCUT2D eigenvalue weighted by molar-refractivity contribution is 0.0549. The predicted molar refractivity (Wildman–Crippen MR) is 123 cm³/mol. The quantitative estimate of drug-likeness (QED) is 0.427. The summed E-state index contributed by atoms with van der Waals surface area (Å²) in [5.41, 5.74) is 1.08. The lowest BCUT2D eigenvalue weighted by Gasteiger charge is -2.14. The van der Waals surface area contributed by atoms with Crippen molar-refractivity contribution in [3.05, 3.63) is 58.2 Å². The van der Waals surface area contributed by atoms with Crippen LogP contribution in [0.5, 0.6) is 11.5 Å². The molecule has 1 heterocycles. The number of aliphatic hydroxyl groups is 1. The molecule has 0 atom stereocenters. The lowest BCUT2D eigenvalue weighted by Crippen LogP contribution is -2.15. The number of ether oxygens (including phenoxy) is 4. The maximum atomic E-state index is 12.8. The van der Waals surface area contributed by atoms with Crippen molar-refractivity contribution in [2.75, 3.05) is 34.0 Å². The maximum absolute atomic E-state index is 12.8. The van der Waals surface area contributed by atoms with E-state index in [2.05, 4.69) is 21.0 Å². The second kappa shape index (κ2) is 11.0. The second-order valence-electron chi connectivity index (χ2n) is 6.59. The fraction of sp³-hybridized carbons (Fsp3) is 0.261. The van der Waals surface area contributed by atoms with Crippen LogP contribution in [0.2, 0.25) is 0 Å². The van der Waals surface area contributed by atoms with Gasteiger partial charge in [0.1, 0.15) is 17.9 Å². The lowest BCUT2D eigenvalue weighted by atomic mass is 10.0. The molecule has 0 aliphatic heterocycles. The Morgan fingerprint density at radius 3 is 2.30 bits per heavy atom. The molecule has 1 aromatic heterocycles. The average Bonchev–Trinajstić information content (AvgIpc) is 3.24. The van der Waals surface area contributed by atoms with Crippen LogP contribution in [0.15, 0.2) is 46.9 Å². The number of carbonyl (C=O) groups is 2. The molecular formula is C23H23BrN2O7. The van der Waals surface area contributed by atoms with Gasteiger partial charge in [-0.15, -0.1) is 0 Å². The zero-order valence-electron chi connectivity index (χ0n) is 18.3. The van der Waals surface area contributed by atoms with Crippen molar-refractivity contribution in [2.24, 2.45) is 0 Å². The highest BCUT2D eigenvalue weighted by Gasteiger charge is 2.32. The van der Waals surface area contributed by atoms with Gasteiger partial charge < -0.3 is 24.1 Å². The van der Waals surface area contributed by atoms with Crippen LogP contribution in [0, 0.1) is 0 Å². The molecule has 3 rings (SSSR count). The van der Waals surface area contributed by atoms with Gasteiger partial charge in [0.25, 0.3) is 0 Å². The largest absolute Gasteiger partial charge is 0.490 e. The second-order valence-corrected chi connectivity index (χ2v) is 7.44. The Kier molecular flexibility index (Phi) is 8.07. The van der Waals surface area contributed by atoms with Gasteiger partial charge in [0.15, 0.2) is 17.2 Å². The molecule has 0 aliphatic carbocycles. The van der Waals surface area contributed by atoms with Crippen LogP contribution in [0.3, 0.4) is 0 Å². The number of benzene rings is 2. The van der Waals surface area contributed by atoms with Crippen molar-refractivity contribution >= 4 is 27.9 Å². The molecule has 0 amide bonds. The molecule has 9 nitrogen and oxygen atoms in total. The predicted octanol–water partition coefficient (Wildman–Crippen LogP) is 3.64. The Balaban J connectivity index is 2.32. The third kappa shape index (κ3) is 5.01. The summed E-state index contributed by atoms with van der Waals surface area (Å²) in [5, 5.41) is 13.7. The monoisotopic (exact) mass is 518 g/mol. The zero-order chi connectivity index (χ0) is 24.0. The summed E-state index contributed by atoms with van der Waals surface area (Å²) in [4.78, 5) is 25.6.